The number of carbonyl (C=O) groups is 2. The molecular weight excluding hydrogens is 396 g/mol. The molecule has 3 saturated carbocycles. The third kappa shape index (κ3) is 4.00. The molecule has 0 radical (unpaired) electrons. The number of carbonyl (C=O) groups excluding carboxylic acids is 2. The van der Waals surface area contributed by atoms with Crippen LogP contribution in [0.15, 0.2) is 11.6 Å². The van der Waals surface area contributed by atoms with Crippen LogP contribution in [0.3, 0.4) is 0 Å². The van der Waals surface area contributed by atoms with Gasteiger partial charge in [-0.25, -0.2) is 0 Å². The highest BCUT2D eigenvalue weighted by molar-refractivity contribution is 5.79. The quantitative estimate of drug-likeness (QED) is 0.307. The molecular formula is C29H46O3. The number of rotatable bonds is 7. The van der Waals surface area contributed by atoms with Gasteiger partial charge in [-0.05, 0) is 93.3 Å². The van der Waals surface area contributed by atoms with Gasteiger partial charge in [-0.1, -0.05) is 52.2 Å². The van der Waals surface area contributed by atoms with Crippen LogP contribution in [0, 0.1) is 40.4 Å². The predicted molar refractivity (Wildman–Crippen MR) is 129 cm³/mol. The molecule has 0 aromatic carbocycles. The van der Waals surface area contributed by atoms with Crippen molar-refractivity contribution in [1.29, 1.82) is 0 Å². The van der Waals surface area contributed by atoms with Crippen LogP contribution in [-0.4, -0.2) is 17.9 Å². The van der Waals surface area contributed by atoms with Gasteiger partial charge < -0.3 is 4.74 Å². The lowest BCUT2D eigenvalue weighted by Crippen LogP contribution is -2.51. The summed E-state index contributed by atoms with van der Waals surface area (Å²) in [4.78, 5) is 25.2. The molecule has 1 unspecified atom stereocenters. The Morgan fingerprint density at radius 3 is 2.41 bits per heavy atom. The summed E-state index contributed by atoms with van der Waals surface area (Å²) in [5.74, 6) is 2.98. The molecule has 0 saturated heterocycles. The molecule has 0 amide bonds. The van der Waals surface area contributed by atoms with Gasteiger partial charge in [-0.2, -0.15) is 0 Å². The van der Waals surface area contributed by atoms with Crippen molar-refractivity contribution in [1.82, 2.24) is 0 Å². The number of Topliss-reactive ketones (excluding diaryl/α,β-unsaturated/α-hetero) is 1. The highest BCUT2D eigenvalue weighted by Crippen LogP contribution is 2.66. The Morgan fingerprint density at radius 1 is 1.03 bits per heavy atom. The van der Waals surface area contributed by atoms with Gasteiger partial charge in [0.05, 0.1) is 5.92 Å². The molecule has 4 rings (SSSR count). The summed E-state index contributed by atoms with van der Waals surface area (Å²) >= 11 is 0. The van der Waals surface area contributed by atoms with E-state index >= 15 is 0 Å². The first-order valence-corrected chi connectivity index (χ1v) is 13.6. The molecule has 0 heterocycles. The van der Waals surface area contributed by atoms with Gasteiger partial charge in [0.25, 0.3) is 0 Å². The monoisotopic (exact) mass is 442 g/mol. The zero-order valence-electron chi connectivity index (χ0n) is 21.3. The SMILES string of the molecule is CCCC(CCC)C(=O)OC1CC[C@@]2(C)C(=CC[C@H]3[C@@H]4CC[C@H](C(C)=O)[C@@]4(C)CC[C@@H]32)C1. The minimum Gasteiger partial charge on any atom is -0.462 e. The standard InChI is InChI=1S/C29H46O3/c1-6-8-20(9-7-2)27(31)32-22-14-16-28(4)21(18-22)10-11-23-25-13-12-24(19(3)30)29(25,5)17-15-26(23)28/h10,20,22-26H,6-9,11-18H2,1-5H3/t22?,23-,24+,25-,26-,28-,29+/m0/s1. The molecule has 0 spiro atoms. The van der Waals surface area contributed by atoms with E-state index in [1.165, 1.54) is 19.3 Å². The Bertz CT molecular complexity index is 748. The number of fused-ring (bicyclic) bond motifs is 5. The molecule has 0 bridgehead atoms. The summed E-state index contributed by atoms with van der Waals surface area (Å²) in [6.07, 6.45) is 15.6. The molecule has 0 aromatic rings. The van der Waals surface area contributed by atoms with Crippen molar-refractivity contribution in [3.05, 3.63) is 11.6 Å². The van der Waals surface area contributed by atoms with Gasteiger partial charge >= 0.3 is 5.97 Å². The second-order valence-electron chi connectivity index (χ2n) is 12.1. The first-order valence-electron chi connectivity index (χ1n) is 13.6. The van der Waals surface area contributed by atoms with Crippen LogP contribution in [0.2, 0.25) is 0 Å². The molecule has 0 aromatic heterocycles. The maximum atomic E-state index is 12.8. The fraction of sp³-hybridized carbons (Fsp3) is 0.862. The molecule has 7 atom stereocenters. The minimum absolute atomic E-state index is 0.0475. The summed E-state index contributed by atoms with van der Waals surface area (Å²) in [6.45, 7) is 11.1. The van der Waals surface area contributed by atoms with E-state index in [1.54, 1.807) is 5.57 Å². The van der Waals surface area contributed by atoms with Crippen LogP contribution in [-0.2, 0) is 14.3 Å². The van der Waals surface area contributed by atoms with Crippen molar-refractivity contribution in [3.63, 3.8) is 0 Å². The van der Waals surface area contributed by atoms with E-state index in [0.717, 1.165) is 69.6 Å². The molecule has 4 aliphatic carbocycles. The smallest absolute Gasteiger partial charge is 0.309 e. The molecule has 0 aliphatic heterocycles. The summed E-state index contributed by atoms with van der Waals surface area (Å²) in [5.41, 5.74) is 2.04. The van der Waals surface area contributed by atoms with Crippen molar-refractivity contribution in [2.24, 2.45) is 40.4 Å². The van der Waals surface area contributed by atoms with E-state index < -0.39 is 0 Å². The Hall–Kier alpha value is -1.12. The first-order chi connectivity index (χ1) is 15.2. The molecule has 180 valence electrons. The fourth-order valence-corrected chi connectivity index (χ4v) is 8.73. The number of hydrogen-bond acceptors (Lipinski definition) is 3. The van der Waals surface area contributed by atoms with Crippen molar-refractivity contribution >= 4 is 11.8 Å². The van der Waals surface area contributed by atoms with E-state index in [0.29, 0.717) is 11.7 Å². The number of hydrogen-bond donors (Lipinski definition) is 0. The highest BCUT2D eigenvalue weighted by Gasteiger charge is 2.59. The molecule has 3 nitrogen and oxygen atoms in total. The molecule has 32 heavy (non-hydrogen) atoms. The summed E-state index contributed by atoms with van der Waals surface area (Å²) < 4.78 is 6.10. The van der Waals surface area contributed by atoms with Crippen molar-refractivity contribution in [2.45, 2.75) is 118 Å². The lowest BCUT2D eigenvalue weighted by molar-refractivity contribution is -0.157. The lowest BCUT2D eigenvalue weighted by Gasteiger charge is -2.58. The van der Waals surface area contributed by atoms with Gasteiger partial charge in [0, 0.05) is 12.3 Å². The van der Waals surface area contributed by atoms with Crippen molar-refractivity contribution in [2.75, 3.05) is 0 Å². The van der Waals surface area contributed by atoms with Gasteiger partial charge in [0.15, 0.2) is 0 Å². The van der Waals surface area contributed by atoms with Crippen molar-refractivity contribution in [3.8, 4) is 0 Å². The zero-order valence-corrected chi connectivity index (χ0v) is 21.3. The lowest BCUT2D eigenvalue weighted by atomic mass is 9.47. The molecule has 0 N–H and O–H groups in total. The first kappa shape index (κ1) is 24.0. The van der Waals surface area contributed by atoms with Crippen LogP contribution < -0.4 is 0 Å². The predicted octanol–water partition coefficient (Wildman–Crippen LogP) is 7.28. The highest BCUT2D eigenvalue weighted by atomic mass is 16.5. The average Bonchev–Trinajstić information content (AvgIpc) is 3.11. The third-order valence-corrected chi connectivity index (χ3v) is 10.4. The summed E-state index contributed by atoms with van der Waals surface area (Å²) in [5, 5.41) is 0. The van der Waals surface area contributed by atoms with Crippen LogP contribution in [0.1, 0.15) is 112 Å². The second-order valence-corrected chi connectivity index (χ2v) is 12.1. The Kier molecular flexibility index (Phi) is 6.95. The number of allylic oxidation sites excluding steroid dienone is 1. The molecule has 3 fully saturated rings. The number of esters is 1. The van der Waals surface area contributed by atoms with Crippen LogP contribution in [0.25, 0.3) is 0 Å². The van der Waals surface area contributed by atoms with Gasteiger partial charge in [0.2, 0.25) is 0 Å². The molecule has 3 heteroatoms. The summed E-state index contributed by atoms with van der Waals surface area (Å²) in [7, 11) is 0. The topological polar surface area (TPSA) is 43.4 Å². The van der Waals surface area contributed by atoms with Crippen LogP contribution in [0.5, 0.6) is 0 Å². The Labute approximate surface area is 196 Å². The average molecular weight is 443 g/mol. The second kappa shape index (κ2) is 9.26. The van der Waals surface area contributed by atoms with E-state index in [-0.39, 0.29) is 34.7 Å². The van der Waals surface area contributed by atoms with E-state index in [4.69, 9.17) is 4.74 Å². The normalized spacial score (nSPS) is 40.8. The Morgan fingerprint density at radius 2 is 1.75 bits per heavy atom. The minimum atomic E-state index is 0.0475. The van der Waals surface area contributed by atoms with E-state index in [1.807, 2.05) is 6.92 Å². The van der Waals surface area contributed by atoms with Gasteiger partial charge in [-0.15, -0.1) is 0 Å². The Balaban J connectivity index is 1.46. The van der Waals surface area contributed by atoms with Crippen molar-refractivity contribution < 1.29 is 14.3 Å². The van der Waals surface area contributed by atoms with E-state index in [2.05, 4.69) is 33.8 Å². The number of ether oxygens (including phenoxy) is 1. The van der Waals surface area contributed by atoms with Gasteiger partial charge in [-0.3, -0.25) is 9.59 Å². The van der Waals surface area contributed by atoms with Gasteiger partial charge in [0.1, 0.15) is 11.9 Å². The largest absolute Gasteiger partial charge is 0.462 e. The third-order valence-electron chi connectivity index (χ3n) is 10.4. The van der Waals surface area contributed by atoms with Crippen LogP contribution in [0.4, 0.5) is 0 Å². The zero-order chi connectivity index (χ0) is 23.1. The maximum absolute atomic E-state index is 12.8. The number of ketones is 1. The van der Waals surface area contributed by atoms with E-state index in [9.17, 15) is 9.59 Å². The molecule has 4 aliphatic rings. The van der Waals surface area contributed by atoms with Crippen LogP contribution >= 0.6 is 0 Å². The maximum Gasteiger partial charge on any atom is 0.309 e. The summed E-state index contributed by atoms with van der Waals surface area (Å²) in [6, 6.07) is 0. The fourth-order valence-electron chi connectivity index (χ4n) is 8.73.